The number of halogens is 1. The van der Waals surface area contributed by atoms with Crippen molar-refractivity contribution in [3.8, 4) is 17.1 Å². The van der Waals surface area contributed by atoms with Crippen molar-refractivity contribution in [2.45, 2.75) is 24.1 Å². The lowest BCUT2D eigenvalue weighted by atomic mass is 10.2. The molecule has 1 fully saturated rings. The molecule has 0 aliphatic carbocycles. The second kappa shape index (κ2) is 6.68. The molecule has 3 rings (SSSR count). The second-order valence-corrected chi connectivity index (χ2v) is 6.18. The summed E-state index contributed by atoms with van der Waals surface area (Å²) in [6.45, 7) is 0.865. The van der Waals surface area contributed by atoms with Crippen molar-refractivity contribution in [2.75, 3.05) is 19.5 Å². The lowest BCUT2D eigenvalue weighted by Crippen LogP contribution is -2.07. The molecule has 1 aliphatic rings. The number of nitrogens with one attached hydrogen (secondary N) is 1. The van der Waals surface area contributed by atoms with Gasteiger partial charge in [-0.05, 0) is 31.0 Å². The van der Waals surface area contributed by atoms with Gasteiger partial charge in [-0.1, -0.05) is 23.4 Å². The number of hydrogen-bond acceptors (Lipinski definition) is 5. The first-order valence-corrected chi connectivity index (χ1v) is 8.13. The van der Waals surface area contributed by atoms with Crippen LogP contribution in [0.4, 0.5) is 0 Å². The highest BCUT2D eigenvalue weighted by atomic mass is 35.5. The fourth-order valence-corrected chi connectivity index (χ4v) is 3.28. The maximum Gasteiger partial charge on any atom is 0.208 e. The fraction of sp³-hybridized carbons (Fsp3) is 0.429. The number of rotatable bonds is 5. The Hall–Kier alpha value is -1.24. The van der Waals surface area contributed by atoms with Crippen molar-refractivity contribution in [1.82, 2.24) is 15.2 Å². The van der Waals surface area contributed by atoms with E-state index in [-0.39, 0.29) is 0 Å². The van der Waals surface area contributed by atoms with Crippen LogP contribution in [0.25, 0.3) is 11.4 Å². The molecule has 0 unspecified atom stereocenters. The van der Waals surface area contributed by atoms with Crippen LogP contribution in [-0.2, 0) is 4.74 Å². The fourth-order valence-electron chi connectivity index (χ4n) is 2.24. The molecule has 1 aromatic heterocycles. The summed E-state index contributed by atoms with van der Waals surface area (Å²) < 4.78 is 10.9. The third-order valence-electron chi connectivity index (χ3n) is 3.30. The highest BCUT2D eigenvalue weighted by molar-refractivity contribution is 7.99. The van der Waals surface area contributed by atoms with Gasteiger partial charge in [0.2, 0.25) is 5.16 Å². The predicted octanol–water partition coefficient (Wildman–Crippen LogP) is 3.40. The Morgan fingerprint density at radius 3 is 3.19 bits per heavy atom. The zero-order valence-electron chi connectivity index (χ0n) is 11.6. The van der Waals surface area contributed by atoms with E-state index >= 15 is 0 Å². The molecule has 1 saturated heterocycles. The molecule has 0 spiro atoms. The molecule has 0 amide bonds. The minimum Gasteiger partial charge on any atom is -0.496 e. The second-order valence-electron chi connectivity index (χ2n) is 4.76. The van der Waals surface area contributed by atoms with Gasteiger partial charge in [0.1, 0.15) is 5.75 Å². The summed E-state index contributed by atoms with van der Waals surface area (Å²) in [6, 6.07) is 5.42. The van der Waals surface area contributed by atoms with Gasteiger partial charge in [-0.2, -0.15) is 0 Å². The standard InChI is InChI=1S/C14H16ClN3O2S/c1-19-12-5-4-9(15)7-11(12)13-16-14(18-17-13)21-8-10-3-2-6-20-10/h4-5,7,10H,2-3,6,8H2,1H3,(H,16,17,18)/t10-/m1/s1. The molecule has 0 bridgehead atoms. The topological polar surface area (TPSA) is 60.0 Å². The Kier molecular flexibility index (Phi) is 4.67. The first kappa shape index (κ1) is 14.7. The summed E-state index contributed by atoms with van der Waals surface area (Å²) in [5.74, 6) is 2.25. The molecule has 2 aromatic rings. The van der Waals surface area contributed by atoms with Gasteiger partial charge in [-0.15, -0.1) is 5.10 Å². The summed E-state index contributed by atoms with van der Waals surface area (Å²) in [5.41, 5.74) is 0.807. The van der Waals surface area contributed by atoms with Gasteiger partial charge in [0.15, 0.2) is 5.82 Å². The first-order chi connectivity index (χ1) is 10.3. The molecule has 2 heterocycles. The summed E-state index contributed by atoms with van der Waals surface area (Å²) in [4.78, 5) is 4.49. The van der Waals surface area contributed by atoms with Gasteiger partial charge < -0.3 is 9.47 Å². The van der Waals surface area contributed by atoms with Crippen molar-refractivity contribution in [3.63, 3.8) is 0 Å². The first-order valence-electron chi connectivity index (χ1n) is 6.77. The van der Waals surface area contributed by atoms with Gasteiger partial charge >= 0.3 is 0 Å². The molecule has 1 N–H and O–H groups in total. The Morgan fingerprint density at radius 1 is 1.52 bits per heavy atom. The Balaban J connectivity index is 1.73. The zero-order valence-corrected chi connectivity index (χ0v) is 13.2. The third-order valence-corrected chi connectivity index (χ3v) is 4.52. The highest BCUT2D eigenvalue weighted by Crippen LogP contribution is 2.31. The average Bonchev–Trinajstić information content (AvgIpc) is 3.16. The minimum absolute atomic E-state index is 0.317. The number of nitrogens with zero attached hydrogens (tertiary/aromatic N) is 2. The van der Waals surface area contributed by atoms with E-state index in [4.69, 9.17) is 21.1 Å². The van der Waals surface area contributed by atoms with Crippen LogP contribution in [0.3, 0.4) is 0 Å². The van der Waals surface area contributed by atoms with Crippen LogP contribution in [-0.4, -0.2) is 40.8 Å². The molecule has 0 saturated carbocycles. The predicted molar refractivity (Wildman–Crippen MR) is 83.1 cm³/mol. The molecule has 21 heavy (non-hydrogen) atoms. The summed E-state index contributed by atoms with van der Waals surface area (Å²) in [6.07, 6.45) is 2.58. The largest absolute Gasteiger partial charge is 0.496 e. The van der Waals surface area contributed by atoms with Crippen molar-refractivity contribution in [2.24, 2.45) is 0 Å². The maximum atomic E-state index is 6.04. The minimum atomic E-state index is 0.317. The van der Waals surface area contributed by atoms with Crippen LogP contribution in [0, 0.1) is 0 Å². The van der Waals surface area contributed by atoms with Gasteiger partial charge in [0.25, 0.3) is 0 Å². The molecular formula is C14H16ClN3O2S. The molecule has 1 atom stereocenters. The van der Waals surface area contributed by atoms with E-state index in [0.29, 0.717) is 27.9 Å². The molecule has 112 valence electrons. The number of aromatic nitrogens is 3. The normalized spacial score (nSPS) is 18.1. The van der Waals surface area contributed by atoms with E-state index in [1.165, 1.54) is 0 Å². The average molecular weight is 326 g/mol. The van der Waals surface area contributed by atoms with Crippen molar-refractivity contribution in [1.29, 1.82) is 0 Å². The van der Waals surface area contributed by atoms with E-state index in [9.17, 15) is 0 Å². The van der Waals surface area contributed by atoms with Crippen LogP contribution in [0.5, 0.6) is 5.75 Å². The van der Waals surface area contributed by atoms with Gasteiger partial charge in [-0.3, -0.25) is 5.10 Å². The van der Waals surface area contributed by atoms with Crippen LogP contribution in [0.1, 0.15) is 12.8 Å². The zero-order chi connectivity index (χ0) is 14.7. The van der Waals surface area contributed by atoms with Gasteiger partial charge in [0, 0.05) is 17.4 Å². The number of hydrogen-bond donors (Lipinski definition) is 1. The Morgan fingerprint density at radius 2 is 2.43 bits per heavy atom. The molecule has 0 radical (unpaired) electrons. The third kappa shape index (κ3) is 3.51. The van der Waals surface area contributed by atoms with Crippen LogP contribution in [0.2, 0.25) is 5.02 Å². The van der Waals surface area contributed by atoms with Gasteiger partial charge in [0.05, 0.1) is 18.8 Å². The molecular weight excluding hydrogens is 310 g/mol. The number of benzene rings is 1. The lowest BCUT2D eigenvalue weighted by Gasteiger charge is -2.06. The monoisotopic (exact) mass is 325 g/mol. The number of aromatic amines is 1. The Bertz CT molecular complexity index is 614. The Labute approximate surface area is 132 Å². The number of H-pyrrole nitrogens is 1. The summed E-state index contributed by atoms with van der Waals surface area (Å²) >= 11 is 7.64. The molecule has 5 nitrogen and oxygen atoms in total. The van der Waals surface area contributed by atoms with E-state index in [0.717, 1.165) is 30.8 Å². The van der Waals surface area contributed by atoms with E-state index in [1.54, 1.807) is 24.9 Å². The van der Waals surface area contributed by atoms with Gasteiger partial charge in [-0.25, -0.2) is 4.98 Å². The smallest absolute Gasteiger partial charge is 0.208 e. The number of ether oxygens (including phenoxy) is 2. The summed E-state index contributed by atoms with van der Waals surface area (Å²) in [7, 11) is 1.62. The van der Waals surface area contributed by atoms with Crippen LogP contribution in [0.15, 0.2) is 23.4 Å². The van der Waals surface area contributed by atoms with Crippen LogP contribution >= 0.6 is 23.4 Å². The van der Waals surface area contributed by atoms with E-state index in [2.05, 4.69) is 15.2 Å². The van der Waals surface area contributed by atoms with Crippen molar-refractivity contribution < 1.29 is 9.47 Å². The van der Waals surface area contributed by atoms with E-state index < -0.39 is 0 Å². The lowest BCUT2D eigenvalue weighted by molar-refractivity contribution is 0.129. The quantitative estimate of drug-likeness (QED) is 0.854. The van der Waals surface area contributed by atoms with Crippen molar-refractivity contribution >= 4 is 23.4 Å². The van der Waals surface area contributed by atoms with Crippen molar-refractivity contribution in [3.05, 3.63) is 23.2 Å². The van der Waals surface area contributed by atoms with E-state index in [1.807, 2.05) is 12.1 Å². The molecule has 7 heteroatoms. The number of thioether (sulfide) groups is 1. The SMILES string of the molecule is COc1ccc(Cl)cc1-c1nc(SC[C@H]2CCCO2)n[nH]1. The molecule has 1 aromatic carbocycles. The highest BCUT2D eigenvalue weighted by Gasteiger charge is 2.17. The summed E-state index contributed by atoms with van der Waals surface area (Å²) in [5, 5.41) is 8.51. The maximum absolute atomic E-state index is 6.04. The molecule has 1 aliphatic heterocycles. The number of methoxy groups -OCH3 is 1. The van der Waals surface area contributed by atoms with Crippen LogP contribution < -0.4 is 4.74 Å².